The number of rotatable bonds is 5. The number of esters is 1. The van der Waals surface area contributed by atoms with E-state index < -0.39 is 0 Å². The van der Waals surface area contributed by atoms with Crippen LogP contribution in [-0.4, -0.2) is 37.1 Å². The molecule has 0 bridgehead atoms. The molecule has 0 aliphatic rings. The van der Waals surface area contributed by atoms with Crippen molar-refractivity contribution in [2.45, 2.75) is 32.8 Å². The van der Waals surface area contributed by atoms with Crippen LogP contribution in [0.15, 0.2) is 0 Å². The Hall–Kier alpha value is -1.10. The Morgan fingerprint density at radius 2 is 1.86 bits per heavy atom. The van der Waals surface area contributed by atoms with Crippen LogP contribution >= 0.6 is 0 Å². The fourth-order valence-electron chi connectivity index (χ4n) is 0.843. The van der Waals surface area contributed by atoms with Crippen molar-refractivity contribution in [1.82, 2.24) is 10.4 Å². The van der Waals surface area contributed by atoms with Crippen molar-refractivity contribution in [3.8, 4) is 0 Å². The molecule has 0 aliphatic carbocycles. The smallest absolute Gasteiger partial charge is 0.306 e. The SMILES string of the molecule is CC(C)OC(=O)CCC(=O)NN(C)C. The van der Waals surface area contributed by atoms with E-state index in [1.54, 1.807) is 27.9 Å². The van der Waals surface area contributed by atoms with Crippen molar-refractivity contribution < 1.29 is 14.3 Å². The average molecular weight is 202 g/mol. The first-order valence-electron chi connectivity index (χ1n) is 4.58. The zero-order valence-corrected chi connectivity index (χ0v) is 9.16. The molecule has 0 saturated carbocycles. The van der Waals surface area contributed by atoms with Gasteiger partial charge in [-0.1, -0.05) is 0 Å². The monoisotopic (exact) mass is 202 g/mol. The highest BCUT2D eigenvalue weighted by Gasteiger charge is 2.09. The molecule has 0 aromatic rings. The lowest BCUT2D eigenvalue weighted by Crippen LogP contribution is -2.36. The summed E-state index contributed by atoms with van der Waals surface area (Å²) in [5.74, 6) is -0.524. The number of hydrogen-bond donors (Lipinski definition) is 1. The van der Waals surface area contributed by atoms with Crippen molar-refractivity contribution in [3.05, 3.63) is 0 Å². The normalized spacial score (nSPS) is 10.4. The lowest BCUT2D eigenvalue weighted by molar-refractivity contribution is -0.148. The van der Waals surface area contributed by atoms with Crippen LogP contribution in [0.4, 0.5) is 0 Å². The summed E-state index contributed by atoms with van der Waals surface area (Å²) in [4.78, 5) is 22.1. The van der Waals surface area contributed by atoms with E-state index in [-0.39, 0.29) is 30.8 Å². The predicted molar refractivity (Wildman–Crippen MR) is 52.3 cm³/mol. The van der Waals surface area contributed by atoms with Gasteiger partial charge in [-0.3, -0.25) is 15.0 Å². The van der Waals surface area contributed by atoms with E-state index in [2.05, 4.69) is 5.43 Å². The van der Waals surface area contributed by atoms with E-state index in [4.69, 9.17) is 4.74 Å². The molecule has 1 N–H and O–H groups in total. The van der Waals surface area contributed by atoms with Gasteiger partial charge in [-0.15, -0.1) is 0 Å². The summed E-state index contributed by atoms with van der Waals surface area (Å²) in [6.07, 6.45) is 0.154. The van der Waals surface area contributed by atoms with Crippen LogP contribution in [0, 0.1) is 0 Å². The van der Waals surface area contributed by atoms with E-state index in [9.17, 15) is 9.59 Å². The highest BCUT2D eigenvalue weighted by Crippen LogP contribution is 1.96. The maximum atomic E-state index is 11.1. The second-order valence-electron chi connectivity index (χ2n) is 3.47. The molecular formula is C9H18N2O3. The lowest BCUT2D eigenvalue weighted by atomic mass is 10.3. The zero-order chi connectivity index (χ0) is 11.1. The molecule has 0 aromatic carbocycles. The molecule has 5 heteroatoms. The first kappa shape index (κ1) is 12.9. The Morgan fingerprint density at radius 3 is 2.29 bits per heavy atom. The van der Waals surface area contributed by atoms with Crippen LogP contribution in [-0.2, 0) is 14.3 Å². The Kier molecular flexibility index (Phi) is 5.87. The summed E-state index contributed by atoms with van der Waals surface area (Å²) in [6, 6.07) is 0. The molecule has 0 saturated heterocycles. The maximum Gasteiger partial charge on any atom is 0.306 e. The highest BCUT2D eigenvalue weighted by atomic mass is 16.5. The fraction of sp³-hybridized carbons (Fsp3) is 0.778. The molecule has 0 unspecified atom stereocenters. The minimum absolute atomic E-state index is 0.123. The summed E-state index contributed by atoms with van der Waals surface area (Å²) in [5.41, 5.74) is 2.54. The number of amides is 1. The van der Waals surface area contributed by atoms with Crippen molar-refractivity contribution in [1.29, 1.82) is 0 Å². The van der Waals surface area contributed by atoms with Crippen molar-refractivity contribution >= 4 is 11.9 Å². The molecule has 0 fully saturated rings. The first-order chi connectivity index (χ1) is 6.41. The third-order valence-electron chi connectivity index (χ3n) is 1.27. The highest BCUT2D eigenvalue weighted by molar-refractivity contribution is 5.80. The van der Waals surface area contributed by atoms with Crippen LogP contribution in [0.5, 0.6) is 0 Å². The van der Waals surface area contributed by atoms with Gasteiger partial charge in [-0.05, 0) is 13.8 Å². The van der Waals surface area contributed by atoms with E-state index in [0.29, 0.717) is 0 Å². The van der Waals surface area contributed by atoms with Gasteiger partial charge >= 0.3 is 5.97 Å². The lowest BCUT2D eigenvalue weighted by Gasteiger charge is -2.11. The largest absolute Gasteiger partial charge is 0.463 e. The summed E-state index contributed by atoms with van der Waals surface area (Å²) in [7, 11) is 3.43. The van der Waals surface area contributed by atoms with Gasteiger partial charge in [0.05, 0.1) is 12.5 Å². The number of hydrazine groups is 1. The van der Waals surface area contributed by atoms with Gasteiger partial charge in [0, 0.05) is 20.5 Å². The van der Waals surface area contributed by atoms with Gasteiger partial charge in [-0.25, -0.2) is 5.01 Å². The number of nitrogens with one attached hydrogen (secondary N) is 1. The van der Waals surface area contributed by atoms with E-state index in [0.717, 1.165) is 0 Å². The Bertz CT molecular complexity index is 180. The van der Waals surface area contributed by atoms with Gasteiger partial charge in [0.2, 0.25) is 5.91 Å². The maximum absolute atomic E-state index is 11.1. The summed E-state index contributed by atoms with van der Waals surface area (Å²) in [5, 5.41) is 1.54. The fourth-order valence-corrected chi connectivity index (χ4v) is 0.843. The average Bonchev–Trinajstić information content (AvgIpc) is 1.98. The van der Waals surface area contributed by atoms with Crippen LogP contribution in [0.3, 0.4) is 0 Å². The predicted octanol–water partition coefficient (Wildman–Crippen LogP) is 0.311. The van der Waals surface area contributed by atoms with E-state index in [1.807, 2.05) is 0 Å². The molecule has 0 aromatic heterocycles. The molecular weight excluding hydrogens is 184 g/mol. The number of carbonyl (C=O) groups excluding carboxylic acids is 2. The Balaban J connectivity index is 3.61. The number of nitrogens with zero attached hydrogens (tertiary/aromatic N) is 1. The number of ether oxygens (including phenoxy) is 1. The Morgan fingerprint density at radius 1 is 1.29 bits per heavy atom. The quantitative estimate of drug-likeness (QED) is 0.515. The van der Waals surface area contributed by atoms with Gasteiger partial charge in [-0.2, -0.15) is 0 Å². The first-order valence-corrected chi connectivity index (χ1v) is 4.58. The molecule has 0 radical (unpaired) electrons. The van der Waals surface area contributed by atoms with Crippen molar-refractivity contribution in [2.75, 3.05) is 14.1 Å². The van der Waals surface area contributed by atoms with E-state index >= 15 is 0 Å². The van der Waals surface area contributed by atoms with Crippen molar-refractivity contribution in [3.63, 3.8) is 0 Å². The molecule has 5 nitrogen and oxygen atoms in total. The van der Waals surface area contributed by atoms with E-state index in [1.165, 1.54) is 5.01 Å². The minimum atomic E-state index is -0.339. The topological polar surface area (TPSA) is 58.6 Å². The molecule has 0 rings (SSSR count). The molecule has 82 valence electrons. The second-order valence-corrected chi connectivity index (χ2v) is 3.47. The molecule has 0 aliphatic heterocycles. The third kappa shape index (κ3) is 7.54. The standard InChI is InChI=1S/C9H18N2O3/c1-7(2)14-9(13)6-5-8(12)10-11(3)4/h7H,5-6H2,1-4H3,(H,10,12). The summed E-state index contributed by atoms with van der Waals surface area (Å²) in [6.45, 7) is 3.55. The van der Waals surface area contributed by atoms with Crippen LogP contribution in [0.2, 0.25) is 0 Å². The second kappa shape index (κ2) is 6.37. The third-order valence-corrected chi connectivity index (χ3v) is 1.27. The van der Waals surface area contributed by atoms with Gasteiger partial charge < -0.3 is 4.74 Å². The molecule has 0 spiro atoms. The van der Waals surface area contributed by atoms with Gasteiger partial charge in [0.15, 0.2) is 0 Å². The molecule has 14 heavy (non-hydrogen) atoms. The Labute approximate surface area is 84.4 Å². The zero-order valence-electron chi connectivity index (χ0n) is 9.16. The van der Waals surface area contributed by atoms with Gasteiger partial charge in [0.25, 0.3) is 0 Å². The van der Waals surface area contributed by atoms with Crippen LogP contribution in [0.1, 0.15) is 26.7 Å². The van der Waals surface area contributed by atoms with Crippen LogP contribution in [0.25, 0.3) is 0 Å². The molecule has 1 amide bonds. The van der Waals surface area contributed by atoms with Gasteiger partial charge in [0.1, 0.15) is 0 Å². The molecule has 0 heterocycles. The summed E-state index contributed by atoms with van der Waals surface area (Å²) >= 11 is 0. The number of carbonyl (C=O) groups is 2. The van der Waals surface area contributed by atoms with Crippen molar-refractivity contribution in [2.24, 2.45) is 0 Å². The number of hydrogen-bond acceptors (Lipinski definition) is 4. The summed E-state index contributed by atoms with van der Waals surface area (Å²) < 4.78 is 4.87. The molecule has 0 atom stereocenters. The minimum Gasteiger partial charge on any atom is -0.463 e. The van der Waals surface area contributed by atoms with Crippen LogP contribution < -0.4 is 5.43 Å².